The molecule has 0 aliphatic heterocycles. The average molecular weight is 347 g/mol. The van der Waals surface area contributed by atoms with Gasteiger partial charge in [0.2, 0.25) is 0 Å². The minimum absolute atomic E-state index is 0.641. The second kappa shape index (κ2) is 7.37. The van der Waals surface area contributed by atoms with Crippen LogP contribution in [0.5, 0.6) is 0 Å². The molecular weight excluding hydrogens is 327 g/mol. The zero-order valence-electron chi connectivity index (χ0n) is 13.2. The van der Waals surface area contributed by atoms with Crippen molar-refractivity contribution in [3.05, 3.63) is 52.5 Å². The quantitative estimate of drug-likeness (QED) is 0.460. The number of unbranched alkanes of at least 4 members (excludes halogenated alkanes) is 3. The third kappa shape index (κ3) is 3.54. The third-order valence-corrected chi connectivity index (χ3v) is 4.61. The molecule has 3 rings (SSSR count). The molecule has 0 radical (unpaired) electrons. The standard InChI is InChI=1S/C19H20Cl2N2/c1-2-3-4-7-12-23-18-9-6-5-8-17(18)22-19(23)15-11-10-14(20)13-16(15)21/h5-6,8-11,13H,2-4,7,12H2,1H3. The van der Waals surface area contributed by atoms with Crippen molar-refractivity contribution in [2.24, 2.45) is 0 Å². The van der Waals surface area contributed by atoms with E-state index in [1.807, 2.05) is 24.3 Å². The number of nitrogens with zero attached hydrogens (tertiary/aromatic N) is 2. The lowest BCUT2D eigenvalue weighted by Crippen LogP contribution is -2.01. The van der Waals surface area contributed by atoms with Gasteiger partial charge in [0.1, 0.15) is 5.82 Å². The summed E-state index contributed by atoms with van der Waals surface area (Å²) in [5.74, 6) is 0.921. The number of imidazole rings is 1. The number of hydrogen-bond donors (Lipinski definition) is 0. The highest BCUT2D eigenvalue weighted by atomic mass is 35.5. The topological polar surface area (TPSA) is 17.8 Å². The SMILES string of the molecule is CCCCCCn1c(-c2ccc(Cl)cc2Cl)nc2ccccc21. The fraction of sp³-hybridized carbons (Fsp3) is 0.316. The summed E-state index contributed by atoms with van der Waals surface area (Å²) in [5, 5.41) is 1.28. The summed E-state index contributed by atoms with van der Waals surface area (Å²) in [7, 11) is 0. The highest BCUT2D eigenvalue weighted by Gasteiger charge is 2.14. The fourth-order valence-corrected chi connectivity index (χ4v) is 3.37. The molecule has 3 aromatic rings. The summed E-state index contributed by atoms with van der Waals surface area (Å²) in [4.78, 5) is 4.81. The van der Waals surface area contributed by atoms with Crippen LogP contribution in [0, 0.1) is 0 Å². The maximum absolute atomic E-state index is 6.41. The third-order valence-electron chi connectivity index (χ3n) is 4.06. The predicted molar refractivity (Wildman–Crippen MR) is 99.3 cm³/mol. The number of hydrogen-bond acceptors (Lipinski definition) is 1. The highest BCUT2D eigenvalue weighted by Crippen LogP contribution is 2.32. The Bertz CT molecular complexity index is 808. The minimum Gasteiger partial charge on any atom is -0.324 e. The molecule has 4 heteroatoms. The molecule has 1 aromatic heterocycles. The van der Waals surface area contributed by atoms with Crippen LogP contribution >= 0.6 is 23.2 Å². The Kier molecular flexibility index (Phi) is 5.24. The molecule has 2 nitrogen and oxygen atoms in total. The largest absolute Gasteiger partial charge is 0.324 e. The van der Waals surface area contributed by atoms with Gasteiger partial charge in [-0.15, -0.1) is 0 Å². The van der Waals surface area contributed by atoms with E-state index < -0.39 is 0 Å². The van der Waals surface area contributed by atoms with Gasteiger partial charge in [0.05, 0.1) is 16.1 Å². The molecule has 0 aliphatic rings. The van der Waals surface area contributed by atoms with Crippen molar-refractivity contribution in [3.63, 3.8) is 0 Å². The zero-order valence-corrected chi connectivity index (χ0v) is 14.7. The van der Waals surface area contributed by atoms with Crippen LogP contribution in [-0.4, -0.2) is 9.55 Å². The summed E-state index contributed by atoms with van der Waals surface area (Å²) >= 11 is 12.4. The first-order valence-electron chi connectivity index (χ1n) is 8.11. The molecule has 1 heterocycles. The van der Waals surface area contributed by atoms with Crippen LogP contribution in [0.2, 0.25) is 10.0 Å². The molecule has 0 saturated carbocycles. The monoisotopic (exact) mass is 346 g/mol. The summed E-state index contributed by atoms with van der Waals surface area (Å²) in [6.07, 6.45) is 4.88. The van der Waals surface area contributed by atoms with Crippen molar-refractivity contribution in [2.75, 3.05) is 0 Å². The first-order chi connectivity index (χ1) is 11.2. The summed E-state index contributed by atoms with van der Waals surface area (Å²) < 4.78 is 2.28. The zero-order chi connectivity index (χ0) is 16.2. The number of para-hydroxylation sites is 2. The molecule has 23 heavy (non-hydrogen) atoms. The van der Waals surface area contributed by atoms with E-state index >= 15 is 0 Å². The summed E-state index contributed by atoms with van der Waals surface area (Å²) in [6, 6.07) is 13.8. The van der Waals surface area contributed by atoms with E-state index in [0.717, 1.165) is 35.4 Å². The van der Waals surface area contributed by atoms with Gasteiger partial charge in [-0.25, -0.2) is 4.98 Å². The average Bonchev–Trinajstić information content (AvgIpc) is 2.90. The van der Waals surface area contributed by atoms with Gasteiger partial charge in [-0.3, -0.25) is 0 Å². The van der Waals surface area contributed by atoms with Gasteiger partial charge in [0.15, 0.2) is 0 Å². The Labute approximate surface area is 147 Å². The van der Waals surface area contributed by atoms with E-state index in [-0.39, 0.29) is 0 Å². The van der Waals surface area contributed by atoms with Crippen molar-refractivity contribution in [1.82, 2.24) is 9.55 Å². The Balaban J connectivity index is 2.04. The van der Waals surface area contributed by atoms with Gasteiger partial charge in [0.25, 0.3) is 0 Å². The van der Waals surface area contributed by atoms with E-state index in [2.05, 4.69) is 23.6 Å². The van der Waals surface area contributed by atoms with Gasteiger partial charge in [-0.2, -0.15) is 0 Å². The van der Waals surface area contributed by atoms with Gasteiger partial charge >= 0.3 is 0 Å². The molecule has 0 saturated heterocycles. The van der Waals surface area contributed by atoms with Crippen molar-refractivity contribution >= 4 is 34.2 Å². The molecule has 120 valence electrons. The number of rotatable bonds is 6. The molecular formula is C19H20Cl2N2. The van der Waals surface area contributed by atoms with E-state index in [1.54, 1.807) is 6.07 Å². The van der Waals surface area contributed by atoms with Crippen LogP contribution in [0.4, 0.5) is 0 Å². The molecule has 0 atom stereocenters. The van der Waals surface area contributed by atoms with Crippen molar-refractivity contribution in [1.29, 1.82) is 0 Å². The van der Waals surface area contributed by atoms with Crippen molar-refractivity contribution in [3.8, 4) is 11.4 Å². The van der Waals surface area contributed by atoms with Crippen LogP contribution < -0.4 is 0 Å². The van der Waals surface area contributed by atoms with Crippen LogP contribution in [0.3, 0.4) is 0 Å². The van der Waals surface area contributed by atoms with Gasteiger partial charge in [0, 0.05) is 17.1 Å². The lowest BCUT2D eigenvalue weighted by Gasteiger charge is -2.10. The Morgan fingerprint density at radius 1 is 1.00 bits per heavy atom. The van der Waals surface area contributed by atoms with Gasteiger partial charge in [-0.1, -0.05) is 61.5 Å². The second-order valence-electron chi connectivity index (χ2n) is 5.76. The van der Waals surface area contributed by atoms with Crippen molar-refractivity contribution < 1.29 is 0 Å². The maximum atomic E-state index is 6.41. The molecule has 0 spiro atoms. The fourth-order valence-electron chi connectivity index (χ4n) is 2.87. The Morgan fingerprint density at radius 3 is 2.61 bits per heavy atom. The maximum Gasteiger partial charge on any atom is 0.142 e. The van der Waals surface area contributed by atoms with E-state index in [0.29, 0.717) is 10.0 Å². The minimum atomic E-state index is 0.641. The van der Waals surface area contributed by atoms with Crippen LogP contribution in [-0.2, 0) is 6.54 Å². The van der Waals surface area contributed by atoms with Crippen molar-refractivity contribution in [2.45, 2.75) is 39.2 Å². The Morgan fingerprint density at radius 2 is 1.83 bits per heavy atom. The smallest absolute Gasteiger partial charge is 0.142 e. The molecule has 0 aliphatic carbocycles. The molecule has 0 N–H and O–H groups in total. The number of aromatic nitrogens is 2. The molecule has 0 bridgehead atoms. The molecule has 2 aromatic carbocycles. The Hall–Kier alpha value is -1.51. The second-order valence-corrected chi connectivity index (χ2v) is 6.60. The molecule has 0 unspecified atom stereocenters. The van der Waals surface area contributed by atoms with E-state index in [4.69, 9.17) is 28.2 Å². The summed E-state index contributed by atoms with van der Waals surface area (Å²) in [6.45, 7) is 3.18. The number of benzene rings is 2. The first-order valence-corrected chi connectivity index (χ1v) is 8.87. The highest BCUT2D eigenvalue weighted by molar-refractivity contribution is 6.36. The van der Waals surface area contributed by atoms with E-state index in [1.165, 1.54) is 19.3 Å². The number of aryl methyl sites for hydroxylation is 1. The van der Waals surface area contributed by atoms with Crippen LogP contribution in [0.1, 0.15) is 32.6 Å². The van der Waals surface area contributed by atoms with Gasteiger partial charge in [-0.05, 0) is 36.8 Å². The number of fused-ring (bicyclic) bond motifs is 1. The summed E-state index contributed by atoms with van der Waals surface area (Å²) in [5.41, 5.74) is 3.09. The lowest BCUT2D eigenvalue weighted by molar-refractivity contribution is 0.594. The van der Waals surface area contributed by atoms with E-state index in [9.17, 15) is 0 Å². The number of halogens is 2. The first kappa shape index (κ1) is 16.4. The van der Waals surface area contributed by atoms with Crippen LogP contribution in [0.15, 0.2) is 42.5 Å². The molecule has 0 fully saturated rings. The van der Waals surface area contributed by atoms with Crippen LogP contribution in [0.25, 0.3) is 22.4 Å². The normalized spacial score (nSPS) is 11.3. The van der Waals surface area contributed by atoms with Gasteiger partial charge < -0.3 is 4.57 Å². The lowest BCUT2D eigenvalue weighted by atomic mass is 10.2. The predicted octanol–water partition coefficient (Wildman–Crippen LogP) is 6.59. The molecule has 0 amide bonds.